The zero-order valence-electron chi connectivity index (χ0n) is 13.5. The van der Waals surface area contributed by atoms with Crippen LogP contribution in [0.15, 0.2) is 29.2 Å². The van der Waals surface area contributed by atoms with Gasteiger partial charge >= 0.3 is 5.97 Å². The van der Waals surface area contributed by atoms with Crippen LogP contribution in [0.4, 0.5) is 0 Å². The quantitative estimate of drug-likeness (QED) is 0.500. The number of amides is 1. The first-order valence-corrected chi connectivity index (χ1v) is 8.85. The van der Waals surface area contributed by atoms with Gasteiger partial charge in [0.2, 0.25) is 17.1 Å². The highest BCUT2D eigenvalue weighted by Gasteiger charge is 2.56. The van der Waals surface area contributed by atoms with Crippen LogP contribution in [0.3, 0.4) is 0 Å². The number of carbonyl (C=O) groups excluding carboxylic acids is 1. The molecule has 3 N–H and O–H groups in total. The maximum absolute atomic E-state index is 12.2. The van der Waals surface area contributed by atoms with Gasteiger partial charge < -0.3 is 20.2 Å². The number of fused-ring (bicyclic) bond motifs is 2. The minimum absolute atomic E-state index is 0.0383. The van der Waals surface area contributed by atoms with Crippen molar-refractivity contribution in [2.24, 2.45) is 5.92 Å². The molecular formula is C16H18N3O5S+. The van der Waals surface area contributed by atoms with E-state index < -0.39 is 18.0 Å². The highest BCUT2D eigenvalue weighted by Crippen LogP contribution is 2.43. The Morgan fingerprint density at radius 3 is 2.92 bits per heavy atom. The van der Waals surface area contributed by atoms with E-state index in [1.807, 2.05) is 26.9 Å². The molecule has 1 amide bonds. The van der Waals surface area contributed by atoms with Crippen molar-refractivity contribution in [1.82, 2.24) is 9.30 Å². The molecule has 132 valence electrons. The molecule has 0 aliphatic carbocycles. The average Bonchev–Trinajstić information content (AvgIpc) is 3.18. The Labute approximate surface area is 146 Å². The Balaban J connectivity index is 1.65. The first-order chi connectivity index (χ1) is 11.9. The van der Waals surface area contributed by atoms with Crippen LogP contribution in [0.2, 0.25) is 0 Å². The molecule has 0 spiro atoms. The molecular weight excluding hydrogens is 346 g/mol. The number of aliphatic carboxylic acids is 1. The van der Waals surface area contributed by atoms with Gasteiger partial charge in [-0.25, -0.2) is 9.36 Å². The number of β-lactam (4-membered cyclic amide) rings is 1. The molecule has 0 saturated carbocycles. The van der Waals surface area contributed by atoms with Gasteiger partial charge in [0, 0.05) is 11.0 Å². The van der Waals surface area contributed by atoms with Crippen molar-refractivity contribution in [3.05, 3.63) is 34.9 Å². The third kappa shape index (κ3) is 2.30. The van der Waals surface area contributed by atoms with E-state index in [-0.39, 0.29) is 24.3 Å². The van der Waals surface area contributed by atoms with Crippen molar-refractivity contribution >= 4 is 28.0 Å². The third-order valence-electron chi connectivity index (χ3n) is 4.96. The molecule has 0 aromatic carbocycles. The van der Waals surface area contributed by atoms with Crippen LogP contribution >= 0.6 is 11.3 Å². The summed E-state index contributed by atoms with van der Waals surface area (Å²) in [6, 6.07) is -0.272. The van der Waals surface area contributed by atoms with Gasteiger partial charge in [0.15, 0.2) is 0 Å². The first kappa shape index (κ1) is 16.2. The molecule has 1 saturated heterocycles. The summed E-state index contributed by atoms with van der Waals surface area (Å²) in [4.78, 5) is 26.1. The number of hydrogen-bond donors (Lipinski definition) is 3. The largest absolute Gasteiger partial charge is 0.477 e. The van der Waals surface area contributed by atoms with Crippen molar-refractivity contribution < 1.29 is 29.5 Å². The number of aromatic nitrogens is 2. The van der Waals surface area contributed by atoms with Crippen LogP contribution in [-0.4, -0.2) is 48.6 Å². The van der Waals surface area contributed by atoms with E-state index in [1.54, 1.807) is 6.92 Å². The Morgan fingerprint density at radius 1 is 1.52 bits per heavy atom. The van der Waals surface area contributed by atoms with Gasteiger partial charge in [-0.05, 0) is 13.3 Å². The lowest BCUT2D eigenvalue weighted by Crippen LogP contribution is -2.61. The fraction of sp³-hybridized carbons (Fsp3) is 0.438. The monoisotopic (exact) mass is 364 g/mol. The molecule has 2 aromatic rings. The maximum atomic E-state index is 12.2. The van der Waals surface area contributed by atoms with Gasteiger partial charge in [0.1, 0.15) is 30.7 Å². The lowest BCUT2D eigenvalue weighted by Gasteiger charge is -2.44. The molecule has 9 heteroatoms. The summed E-state index contributed by atoms with van der Waals surface area (Å²) in [6.45, 7) is 1.84. The Morgan fingerprint density at radius 2 is 2.28 bits per heavy atom. The summed E-state index contributed by atoms with van der Waals surface area (Å²) >= 11 is 1.49. The number of aliphatic hydroxyl groups excluding tert-OH is 2. The normalized spacial score (nSPS) is 24.0. The summed E-state index contributed by atoms with van der Waals surface area (Å²) in [5.74, 6) is -1.97. The SMILES string of the molecule is C[C@@H](O)[C@H]1C(=O)N2C(C(=O)O)=C(C[n+]3cc4scc(CO)n4c3)C[C@H]12. The zero-order valence-corrected chi connectivity index (χ0v) is 14.3. The van der Waals surface area contributed by atoms with Gasteiger partial charge in [0.25, 0.3) is 0 Å². The fourth-order valence-electron chi connectivity index (χ4n) is 3.85. The minimum Gasteiger partial charge on any atom is -0.477 e. The molecule has 8 nitrogen and oxygen atoms in total. The van der Waals surface area contributed by atoms with Crippen LogP contribution in [0.25, 0.3) is 4.83 Å². The zero-order chi connectivity index (χ0) is 17.9. The summed E-state index contributed by atoms with van der Waals surface area (Å²) in [6.07, 6.45) is 3.36. The maximum Gasteiger partial charge on any atom is 0.352 e. The molecule has 0 unspecified atom stereocenters. The fourth-order valence-corrected chi connectivity index (χ4v) is 4.77. The highest BCUT2D eigenvalue weighted by molar-refractivity contribution is 7.15. The number of carboxylic acid groups (broad SMARTS) is 1. The molecule has 4 heterocycles. The molecule has 0 radical (unpaired) electrons. The van der Waals surface area contributed by atoms with E-state index >= 15 is 0 Å². The number of thiazole rings is 1. The van der Waals surface area contributed by atoms with Crippen molar-refractivity contribution in [1.29, 1.82) is 0 Å². The predicted molar refractivity (Wildman–Crippen MR) is 86.5 cm³/mol. The predicted octanol–water partition coefficient (Wildman–Crippen LogP) is -0.269. The van der Waals surface area contributed by atoms with Crippen molar-refractivity contribution in [2.45, 2.75) is 38.6 Å². The van der Waals surface area contributed by atoms with Gasteiger partial charge in [-0.2, -0.15) is 4.40 Å². The Kier molecular flexibility index (Phi) is 3.67. The Hall–Kier alpha value is -2.23. The lowest BCUT2D eigenvalue weighted by atomic mass is 9.83. The third-order valence-corrected chi connectivity index (χ3v) is 5.89. The van der Waals surface area contributed by atoms with Crippen LogP contribution in [-0.2, 0) is 22.7 Å². The number of rotatable bonds is 5. The van der Waals surface area contributed by atoms with Crippen molar-refractivity contribution in [2.75, 3.05) is 0 Å². The molecule has 0 bridgehead atoms. The summed E-state index contributed by atoms with van der Waals surface area (Å²) in [5, 5.41) is 30.5. The average molecular weight is 364 g/mol. The molecule has 2 aliphatic rings. The summed E-state index contributed by atoms with van der Waals surface area (Å²) in [5.41, 5.74) is 1.48. The van der Waals surface area contributed by atoms with Gasteiger partial charge in [0.05, 0.1) is 18.1 Å². The topological polar surface area (TPSA) is 106 Å². The second-order valence-electron chi connectivity index (χ2n) is 6.51. The van der Waals surface area contributed by atoms with E-state index in [0.717, 1.165) is 10.5 Å². The Bertz CT molecular complexity index is 912. The van der Waals surface area contributed by atoms with Crippen LogP contribution < -0.4 is 4.57 Å². The first-order valence-electron chi connectivity index (χ1n) is 7.97. The number of hydrogen-bond acceptors (Lipinski definition) is 5. The van der Waals surface area contributed by atoms with Crippen LogP contribution in [0, 0.1) is 5.92 Å². The molecule has 1 fully saturated rings. The highest BCUT2D eigenvalue weighted by atomic mass is 32.1. The molecule has 25 heavy (non-hydrogen) atoms. The molecule has 2 aromatic heterocycles. The lowest BCUT2D eigenvalue weighted by molar-refractivity contribution is -0.687. The summed E-state index contributed by atoms with van der Waals surface area (Å²) < 4.78 is 3.72. The number of aliphatic hydroxyl groups is 2. The van der Waals surface area contributed by atoms with E-state index in [1.165, 1.54) is 16.2 Å². The second kappa shape index (κ2) is 5.65. The van der Waals surface area contributed by atoms with Crippen LogP contribution in [0.5, 0.6) is 0 Å². The summed E-state index contributed by atoms with van der Waals surface area (Å²) in [7, 11) is 0. The van der Waals surface area contributed by atoms with Crippen molar-refractivity contribution in [3.63, 3.8) is 0 Å². The van der Waals surface area contributed by atoms with E-state index in [2.05, 4.69) is 0 Å². The minimum atomic E-state index is -1.12. The van der Waals surface area contributed by atoms with E-state index in [4.69, 9.17) is 0 Å². The van der Waals surface area contributed by atoms with Gasteiger partial charge in [-0.15, -0.1) is 0 Å². The van der Waals surface area contributed by atoms with Crippen LogP contribution in [0.1, 0.15) is 19.0 Å². The van der Waals surface area contributed by atoms with Crippen molar-refractivity contribution in [3.8, 4) is 0 Å². The molecule has 3 atom stereocenters. The van der Waals surface area contributed by atoms with Gasteiger partial charge in [-0.1, -0.05) is 11.3 Å². The number of nitrogens with zero attached hydrogens (tertiary/aromatic N) is 3. The van der Waals surface area contributed by atoms with E-state index in [9.17, 15) is 24.9 Å². The smallest absolute Gasteiger partial charge is 0.352 e. The van der Waals surface area contributed by atoms with E-state index in [0.29, 0.717) is 18.5 Å². The molecule has 2 aliphatic heterocycles. The standard InChI is InChI=1S/C16H17N3O5S/c1-8(21)13-11-2-9(14(16(23)24)19(11)15(13)22)3-17-4-12-18(7-17)10(5-20)6-25-12/h4,6-8,11,13,20-21H,2-3,5H2,1H3/p+1/t8-,11-,13-/m1/s1. The number of imidazole rings is 1. The number of carbonyl (C=O) groups is 2. The number of carboxylic acids is 1. The van der Waals surface area contributed by atoms with Gasteiger partial charge in [-0.3, -0.25) is 4.79 Å². The second-order valence-corrected chi connectivity index (χ2v) is 7.40. The molecule has 4 rings (SSSR count).